The van der Waals surface area contributed by atoms with Crippen LogP contribution in [0.3, 0.4) is 0 Å². The number of halogens is 2. The van der Waals surface area contributed by atoms with Crippen molar-refractivity contribution in [3.05, 3.63) is 94.3 Å². The minimum Gasteiger partial charge on any atom is -0.492 e. The molecule has 0 aliphatic heterocycles. The van der Waals surface area contributed by atoms with Crippen LogP contribution in [0.15, 0.2) is 66.7 Å². The Morgan fingerprint density at radius 1 is 1.06 bits per heavy atom. The summed E-state index contributed by atoms with van der Waals surface area (Å²) in [5.74, 6) is -0.0872. The van der Waals surface area contributed by atoms with Crippen LogP contribution < -0.4 is 14.4 Å². The van der Waals surface area contributed by atoms with Crippen LogP contribution in [0.1, 0.15) is 21.5 Å². The highest BCUT2D eigenvalue weighted by Gasteiger charge is 2.18. The fourth-order valence-electron chi connectivity index (χ4n) is 3.03. The van der Waals surface area contributed by atoms with Gasteiger partial charge in [0.1, 0.15) is 18.2 Å². The summed E-state index contributed by atoms with van der Waals surface area (Å²) in [6.07, 6.45) is 1.10. The second kappa shape index (κ2) is 10.7. The van der Waals surface area contributed by atoms with Gasteiger partial charge >= 0.3 is 0 Å². The van der Waals surface area contributed by atoms with E-state index >= 15 is 0 Å². The van der Waals surface area contributed by atoms with Gasteiger partial charge < -0.3 is 10.1 Å². The molecule has 3 rings (SSSR count). The maximum absolute atomic E-state index is 13.1. The molecule has 0 aliphatic rings. The van der Waals surface area contributed by atoms with Gasteiger partial charge in [-0.1, -0.05) is 29.8 Å². The third-order valence-corrected chi connectivity index (χ3v) is 6.40. The molecule has 0 saturated carbocycles. The van der Waals surface area contributed by atoms with E-state index in [-0.39, 0.29) is 25.6 Å². The van der Waals surface area contributed by atoms with Crippen LogP contribution in [-0.4, -0.2) is 33.7 Å². The van der Waals surface area contributed by atoms with Crippen molar-refractivity contribution in [2.24, 2.45) is 0 Å². The Balaban J connectivity index is 1.59. The Hall–Kier alpha value is -3.10. The van der Waals surface area contributed by atoms with E-state index in [0.29, 0.717) is 27.6 Å². The van der Waals surface area contributed by atoms with Crippen molar-refractivity contribution in [1.82, 2.24) is 5.32 Å². The number of carbonyl (C=O) groups excluding carboxylic acids is 1. The number of nitrogens with one attached hydrogen (secondary N) is 1. The second-order valence-electron chi connectivity index (χ2n) is 7.46. The number of aryl methyl sites for hydroxylation is 1. The van der Waals surface area contributed by atoms with Gasteiger partial charge in [-0.25, -0.2) is 12.8 Å². The molecule has 9 heteroatoms. The quantitative estimate of drug-likeness (QED) is 0.446. The number of ether oxygens (including phenoxy) is 1. The Bertz CT molecular complexity index is 1220. The van der Waals surface area contributed by atoms with Crippen LogP contribution in [0.2, 0.25) is 5.02 Å². The van der Waals surface area contributed by atoms with Crippen molar-refractivity contribution in [2.75, 3.05) is 23.7 Å². The predicted molar refractivity (Wildman–Crippen MR) is 128 cm³/mol. The number of amides is 1. The van der Waals surface area contributed by atoms with Crippen molar-refractivity contribution >= 4 is 33.2 Å². The van der Waals surface area contributed by atoms with Crippen LogP contribution in [0.25, 0.3) is 0 Å². The fraction of sp³-hybridized carbons (Fsp3) is 0.208. The van der Waals surface area contributed by atoms with Crippen molar-refractivity contribution in [2.45, 2.75) is 13.5 Å². The van der Waals surface area contributed by atoms with E-state index in [0.717, 1.165) is 11.8 Å². The molecular weight excluding hydrogens is 467 g/mol. The zero-order valence-electron chi connectivity index (χ0n) is 18.2. The van der Waals surface area contributed by atoms with Gasteiger partial charge in [-0.2, -0.15) is 0 Å². The van der Waals surface area contributed by atoms with Crippen molar-refractivity contribution in [3.63, 3.8) is 0 Å². The van der Waals surface area contributed by atoms with Gasteiger partial charge in [0, 0.05) is 10.6 Å². The van der Waals surface area contributed by atoms with Crippen LogP contribution in [0.5, 0.6) is 5.75 Å². The second-order valence-corrected chi connectivity index (χ2v) is 9.77. The van der Waals surface area contributed by atoms with Gasteiger partial charge in [0.05, 0.1) is 25.0 Å². The van der Waals surface area contributed by atoms with Crippen molar-refractivity contribution in [1.29, 1.82) is 0 Å². The van der Waals surface area contributed by atoms with Gasteiger partial charge in [-0.15, -0.1) is 0 Å². The van der Waals surface area contributed by atoms with E-state index in [4.69, 9.17) is 16.3 Å². The maximum atomic E-state index is 13.1. The van der Waals surface area contributed by atoms with Crippen LogP contribution in [0.4, 0.5) is 10.1 Å². The molecule has 0 aromatic heterocycles. The fourth-order valence-corrected chi connectivity index (χ4v) is 4.09. The molecule has 1 N–H and O–H groups in total. The standard InChI is InChI=1S/C24H24ClFN2O4S/c1-17-3-12-22(15-23(17)25)32-14-13-27-24(29)19-6-10-21(11-7-19)28(33(2,30)31)16-18-4-8-20(26)9-5-18/h3-12,15H,13-14,16H2,1-2H3,(H,27,29). The molecule has 0 fully saturated rings. The molecule has 3 aromatic rings. The summed E-state index contributed by atoms with van der Waals surface area (Å²) in [5, 5.41) is 3.37. The van der Waals surface area contributed by atoms with Crippen molar-refractivity contribution < 1.29 is 22.3 Å². The highest BCUT2D eigenvalue weighted by molar-refractivity contribution is 7.92. The summed E-state index contributed by atoms with van der Waals surface area (Å²) in [6.45, 7) is 2.50. The zero-order chi connectivity index (χ0) is 24.0. The first-order chi connectivity index (χ1) is 15.6. The Labute approximate surface area is 198 Å². The Morgan fingerprint density at radius 3 is 2.33 bits per heavy atom. The third-order valence-electron chi connectivity index (χ3n) is 4.86. The number of hydrogen-bond donors (Lipinski definition) is 1. The molecule has 0 heterocycles. The maximum Gasteiger partial charge on any atom is 0.251 e. The molecule has 0 atom stereocenters. The lowest BCUT2D eigenvalue weighted by atomic mass is 10.1. The van der Waals surface area contributed by atoms with E-state index in [1.54, 1.807) is 36.4 Å². The number of rotatable bonds is 9. The zero-order valence-corrected chi connectivity index (χ0v) is 19.8. The number of sulfonamides is 1. The average Bonchev–Trinajstić information content (AvgIpc) is 2.78. The first-order valence-electron chi connectivity index (χ1n) is 10.1. The SMILES string of the molecule is Cc1ccc(OCCNC(=O)c2ccc(N(Cc3ccc(F)cc3)S(C)(=O)=O)cc2)cc1Cl. The molecule has 1 amide bonds. The smallest absolute Gasteiger partial charge is 0.251 e. The lowest BCUT2D eigenvalue weighted by Gasteiger charge is -2.22. The Kier molecular flexibility index (Phi) is 7.94. The largest absolute Gasteiger partial charge is 0.492 e. The minimum atomic E-state index is -3.60. The number of hydrogen-bond acceptors (Lipinski definition) is 4. The normalized spacial score (nSPS) is 11.2. The lowest BCUT2D eigenvalue weighted by Crippen LogP contribution is -2.30. The average molecular weight is 491 g/mol. The molecule has 0 aliphatic carbocycles. The third kappa shape index (κ3) is 6.94. The van der Waals surface area contributed by atoms with E-state index in [1.807, 2.05) is 13.0 Å². The highest BCUT2D eigenvalue weighted by atomic mass is 35.5. The first kappa shape index (κ1) is 24.5. The lowest BCUT2D eigenvalue weighted by molar-refractivity contribution is 0.0947. The molecule has 0 radical (unpaired) electrons. The van der Waals surface area contributed by atoms with E-state index in [1.165, 1.54) is 28.6 Å². The van der Waals surface area contributed by atoms with Crippen LogP contribution in [-0.2, 0) is 16.6 Å². The Morgan fingerprint density at radius 2 is 1.73 bits per heavy atom. The summed E-state index contributed by atoms with van der Waals surface area (Å²) in [5.41, 5.74) is 2.37. The molecule has 6 nitrogen and oxygen atoms in total. The highest BCUT2D eigenvalue weighted by Crippen LogP contribution is 2.22. The van der Waals surface area contributed by atoms with Crippen LogP contribution in [0, 0.1) is 12.7 Å². The van der Waals surface area contributed by atoms with E-state index in [9.17, 15) is 17.6 Å². The summed E-state index contributed by atoms with van der Waals surface area (Å²) in [6, 6.07) is 17.2. The van der Waals surface area contributed by atoms with Gasteiger partial charge in [-0.05, 0) is 66.6 Å². The molecule has 33 heavy (non-hydrogen) atoms. The van der Waals surface area contributed by atoms with Gasteiger partial charge in [0.2, 0.25) is 10.0 Å². The number of anilines is 1. The molecule has 0 spiro atoms. The molecule has 0 unspecified atom stereocenters. The van der Waals surface area contributed by atoms with Gasteiger partial charge in [0.25, 0.3) is 5.91 Å². The summed E-state index contributed by atoms with van der Waals surface area (Å²) in [4.78, 5) is 12.4. The predicted octanol–water partition coefficient (Wildman–Crippen LogP) is 4.56. The molecule has 174 valence electrons. The molecular formula is C24H24ClFN2O4S. The van der Waals surface area contributed by atoms with Gasteiger partial charge in [0.15, 0.2) is 0 Å². The molecule has 3 aromatic carbocycles. The first-order valence-corrected chi connectivity index (χ1v) is 12.4. The van der Waals surface area contributed by atoms with Crippen molar-refractivity contribution in [3.8, 4) is 5.75 Å². The summed E-state index contributed by atoms with van der Waals surface area (Å²) in [7, 11) is -3.60. The van der Waals surface area contributed by atoms with Gasteiger partial charge in [-0.3, -0.25) is 9.10 Å². The van der Waals surface area contributed by atoms with E-state index in [2.05, 4.69) is 5.32 Å². The monoisotopic (exact) mass is 490 g/mol. The molecule has 0 bridgehead atoms. The topological polar surface area (TPSA) is 75.7 Å². The number of benzene rings is 3. The van der Waals surface area contributed by atoms with Crippen LogP contribution >= 0.6 is 11.6 Å². The summed E-state index contributed by atoms with van der Waals surface area (Å²) < 4.78 is 44.5. The summed E-state index contributed by atoms with van der Waals surface area (Å²) >= 11 is 6.07. The number of nitrogens with zero attached hydrogens (tertiary/aromatic N) is 1. The molecule has 0 saturated heterocycles. The number of carbonyl (C=O) groups is 1. The minimum absolute atomic E-state index is 0.0466. The van der Waals surface area contributed by atoms with E-state index < -0.39 is 15.8 Å².